The highest BCUT2D eigenvalue weighted by molar-refractivity contribution is 7.14. The summed E-state index contributed by atoms with van der Waals surface area (Å²) >= 11 is 1.63. The van der Waals surface area contributed by atoms with E-state index in [1.807, 2.05) is 29.2 Å². The van der Waals surface area contributed by atoms with Gasteiger partial charge in [-0.1, -0.05) is 31.3 Å². The van der Waals surface area contributed by atoms with Crippen molar-refractivity contribution in [2.45, 2.75) is 58.0 Å². The van der Waals surface area contributed by atoms with Crippen molar-refractivity contribution in [2.75, 3.05) is 25.1 Å². The fourth-order valence-electron chi connectivity index (χ4n) is 4.40. The van der Waals surface area contributed by atoms with Crippen LogP contribution in [0.4, 0.5) is 5.69 Å². The lowest BCUT2D eigenvalue weighted by Crippen LogP contribution is -2.28. The molecule has 0 atom stereocenters. The topological polar surface area (TPSA) is 76.6 Å². The second-order valence-corrected chi connectivity index (χ2v) is 10.5. The van der Waals surface area contributed by atoms with Gasteiger partial charge in [-0.2, -0.15) is 0 Å². The lowest BCUT2D eigenvalue weighted by atomic mass is 10.1. The van der Waals surface area contributed by atoms with Crippen LogP contribution in [0.5, 0.6) is 11.5 Å². The second kappa shape index (κ2) is 10.7. The number of rotatable bonds is 8. The molecule has 2 aromatic carbocycles. The minimum absolute atomic E-state index is 0.211. The first-order valence-corrected chi connectivity index (χ1v) is 13.2. The highest BCUT2D eigenvalue weighted by Gasteiger charge is 2.22. The van der Waals surface area contributed by atoms with Crippen LogP contribution in [-0.2, 0) is 16.1 Å². The van der Waals surface area contributed by atoms with E-state index in [0.717, 1.165) is 77.3 Å². The minimum atomic E-state index is 0.211. The van der Waals surface area contributed by atoms with Gasteiger partial charge in [0, 0.05) is 67.6 Å². The summed E-state index contributed by atoms with van der Waals surface area (Å²) in [5, 5.41) is 14.2. The number of benzene rings is 2. The van der Waals surface area contributed by atoms with Gasteiger partial charge in [-0.25, -0.2) is 0 Å². The number of nitrogens with zero attached hydrogens (tertiary/aromatic N) is 3. The Morgan fingerprint density at radius 2 is 1.94 bits per heavy atom. The molecule has 1 N–H and O–H groups in total. The molecule has 2 saturated heterocycles. The van der Waals surface area contributed by atoms with Gasteiger partial charge in [0.25, 0.3) is 0 Å². The molecule has 7 nitrogen and oxygen atoms in total. The third kappa shape index (κ3) is 5.82. The molecule has 0 bridgehead atoms. The molecule has 0 aliphatic carbocycles. The van der Waals surface area contributed by atoms with Crippen LogP contribution >= 0.6 is 11.3 Å². The molecule has 2 aliphatic rings. The molecule has 3 heterocycles. The third-order valence-electron chi connectivity index (χ3n) is 6.46. The number of hydrogen-bond donors (Lipinski definition) is 1. The van der Waals surface area contributed by atoms with Gasteiger partial charge in [0.05, 0.1) is 0 Å². The quantitative estimate of drug-likeness (QED) is 0.426. The molecule has 184 valence electrons. The van der Waals surface area contributed by atoms with Crippen LogP contribution in [-0.4, -0.2) is 46.8 Å². The number of carbonyl (C=O) groups is 1. The average molecular weight is 493 g/mol. The van der Waals surface area contributed by atoms with Crippen LogP contribution in [0.1, 0.15) is 56.0 Å². The summed E-state index contributed by atoms with van der Waals surface area (Å²) in [6, 6.07) is 14.6. The van der Waals surface area contributed by atoms with Crippen LogP contribution in [0.2, 0.25) is 0 Å². The summed E-state index contributed by atoms with van der Waals surface area (Å²) in [5.41, 5.74) is 3.06. The summed E-state index contributed by atoms with van der Waals surface area (Å²) in [6.45, 7) is 7.19. The first kappa shape index (κ1) is 23.8. The van der Waals surface area contributed by atoms with Crippen LogP contribution in [0.3, 0.4) is 0 Å². The summed E-state index contributed by atoms with van der Waals surface area (Å²) in [6.07, 6.45) is 3.53. The Morgan fingerprint density at radius 3 is 2.63 bits per heavy atom. The zero-order valence-electron chi connectivity index (χ0n) is 20.3. The van der Waals surface area contributed by atoms with E-state index < -0.39 is 0 Å². The SMILES string of the molecule is CC(C)c1nnc(-c2ccc(Oc3cc(NC4CCOCC4)ccc3CN3CCCC3=O)cc2)s1. The number of aromatic nitrogens is 2. The maximum Gasteiger partial charge on any atom is 0.222 e. The van der Waals surface area contributed by atoms with Gasteiger partial charge in [0.1, 0.15) is 21.5 Å². The monoisotopic (exact) mass is 492 g/mol. The van der Waals surface area contributed by atoms with Crippen molar-refractivity contribution in [3.05, 3.63) is 53.0 Å². The van der Waals surface area contributed by atoms with Gasteiger partial charge in [0.15, 0.2) is 0 Å². The van der Waals surface area contributed by atoms with Crippen molar-refractivity contribution in [3.8, 4) is 22.1 Å². The number of nitrogens with one attached hydrogen (secondary N) is 1. The standard InChI is InChI=1S/C27H32N4O3S/c1-18(2)26-29-30-27(35-26)19-6-9-23(10-7-19)34-24-16-22(28-21-11-14-33-15-12-21)8-5-20(24)17-31-13-3-4-25(31)32/h5-10,16,18,21,28H,3-4,11-15,17H2,1-2H3. The van der Waals surface area contributed by atoms with Crippen molar-refractivity contribution >= 4 is 22.9 Å². The van der Waals surface area contributed by atoms with Gasteiger partial charge in [-0.3, -0.25) is 4.79 Å². The Hall–Kier alpha value is -2.97. The fourth-order valence-corrected chi connectivity index (χ4v) is 5.25. The van der Waals surface area contributed by atoms with Gasteiger partial charge in [-0.05, 0) is 49.6 Å². The Labute approximate surface area is 210 Å². The summed E-state index contributed by atoms with van der Waals surface area (Å²) in [7, 11) is 0. The van der Waals surface area contributed by atoms with Crippen LogP contribution in [0.25, 0.3) is 10.6 Å². The van der Waals surface area contributed by atoms with E-state index in [-0.39, 0.29) is 5.91 Å². The Kier molecular flexibility index (Phi) is 7.29. The lowest BCUT2D eigenvalue weighted by Gasteiger charge is -2.25. The molecule has 0 radical (unpaired) electrons. The summed E-state index contributed by atoms with van der Waals surface area (Å²) in [4.78, 5) is 14.2. The second-order valence-electron chi connectivity index (χ2n) is 9.50. The molecule has 1 aromatic heterocycles. The van der Waals surface area contributed by atoms with E-state index >= 15 is 0 Å². The molecule has 5 rings (SSSR count). The lowest BCUT2D eigenvalue weighted by molar-refractivity contribution is -0.128. The van der Waals surface area contributed by atoms with E-state index in [9.17, 15) is 4.79 Å². The molecule has 0 unspecified atom stereocenters. The predicted octanol–water partition coefficient (Wildman–Crippen LogP) is 5.83. The number of amides is 1. The number of hydrogen-bond acceptors (Lipinski definition) is 7. The van der Waals surface area contributed by atoms with E-state index in [1.54, 1.807) is 11.3 Å². The van der Waals surface area contributed by atoms with E-state index in [0.29, 0.717) is 24.9 Å². The molecule has 2 aliphatic heterocycles. The van der Waals surface area contributed by atoms with Crippen LogP contribution in [0.15, 0.2) is 42.5 Å². The van der Waals surface area contributed by atoms with Gasteiger partial charge >= 0.3 is 0 Å². The normalized spacial score (nSPS) is 16.8. The third-order valence-corrected chi connectivity index (χ3v) is 7.73. The molecule has 2 fully saturated rings. The summed E-state index contributed by atoms with van der Waals surface area (Å²) < 4.78 is 11.9. The first-order chi connectivity index (χ1) is 17.0. The molecular formula is C27H32N4O3S. The average Bonchev–Trinajstić information content (AvgIpc) is 3.52. The summed E-state index contributed by atoms with van der Waals surface area (Å²) in [5.74, 6) is 2.10. The number of ether oxygens (including phenoxy) is 2. The van der Waals surface area contributed by atoms with E-state index in [2.05, 4.69) is 47.6 Å². The zero-order chi connectivity index (χ0) is 24.2. The number of anilines is 1. The van der Waals surface area contributed by atoms with Crippen molar-refractivity contribution in [1.29, 1.82) is 0 Å². The number of likely N-dealkylation sites (tertiary alicyclic amines) is 1. The van der Waals surface area contributed by atoms with E-state index in [1.165, 1.54) is 0 Å². The smallest absolute Gasteiger partial charge is 0.222 e. The molecule has 0 saturated carbocycles. The molecule has 3 aromatic rings. The van der Waals surface area contributed by atoms with Crippen molar-refractivity contribution in [3.63, 3.8) is 0 Å². The predicted molar refractivity (Wildman–Crippen MR) is 138 cm³/mol. The largest absolute Gasteiger partial charge is 0.457 e. The Bertz CT molecular complexity index is 1160. The highest BCUT2D eigenvalue weighted by Crippen LogP contribution is 2.33. The molecule has 1 amide bonds. The first-order valence-electron chi connectivity index (χ1n) is 12.4. The molecule has 0 spiro atoms. The highest BCUT2D eigenvalue weighted by atomic mass is 32.1. The molecule has 35 heavy (non-hydrogen) atoms. The minimum Gasteiger partial charge on any atom is -0.457 e. The fraction of sp³-hybridized carbons (Fsp3) is 0.444. The zero-order valence-corrected chi connectivity index (χ0v) is 21.1. The number of carbonyl (C=O) groups excluding carboxylic acids is 1. The van der Waals surface area contributed by atoms with Crippen molar-refractivity contribution in [1.82, 2.24) is 15.1 Å². The molecule has 8 heteroatoms. The maximum atomic E-state index is 12.2. The van der Waals surface area contributed by atoms with Crippen LogP contribution < -0.4 is 10.1 Å². The van der Waals surface area contributed by atoms with Crippen molar-refractivity contribution in [2.24, 2.45) is 0 Å². The molecular weight excluding hydrogens is 460 g/mol. The maximum absolute atomic E-state index is 12.2. The van der Waals surface area contributed by atoms with Gasteiger partial charge in [-0.15, -0.1) is 10.2 Å². The Balaban J connectivity index is 1.36. The van der Waals surface area contributed by atoms with Gasteiger partial charge < -0.3 is 19.7 Å². The van der Waals surface area contributed by atoms with Crippen LogP contribution in [0, 0.1) is 0 Å². The van der Waals surface area contributed by atoms with E-state index in [4.69, 9.17) is 9.47 Å². The van der Waals surface area contributed by atoms with Crippen molar-refractivity contribution < 1.29 is 14.3 Å². The Morgan fingerprint density at radius 1 is 1.14 bits per heavy atom. The van der Waals surface area contributed by atoms with Gasteiger partial charge in [0.2, 0.25) is 5.91 Å².